The Morgan fingerprint density at radius 1 is 0.308 bits per heavy atom. The van der Waals surface area contributed by atoms with Gasteiger partial charge in [0, 0.05) is 0 Å². The van der Waals surface area contributed by atoms with E-state index in [9.17, 15) is 0 Å². The van der Waals surface area contributed by atoms with Gasteiger partial charge in [0.2, 0.25) is 0 Å². The molecule has 2 rings (SSSR count). The summed E-state index contributed by atoms with van der Waals surface area (Å²) in [6, 6.07) is 8.84. The fraction of sp³-hybridized carbons (Fsp3) is 0.750. The maximum atomic E-state index is 5.90. The van der Waals surface area contributed by atoms with Crippen LogP contribution < -0.4 is 18.9 Å². The van der Waals surface area contributed by atoms with Gasteiger partial charge in [0.1, 0.15) is 0 Å². The van der Waals surface area contributed by atoms with Gasteiger partial charge in [0.05, 0.1) is 28.4 Å². The second kappa shape index (κ2) is 31.0. The minimum Gasteiger partial charge on any atom is -0.493 e. The topological polar surface area (TPSA) is 36.9 Å². The zero-order chi connectivity index (χ0) is 37.5. The number of methoxy groups -OCH3 is 4. The van der Waals surface area contributed by atoms with Crippen LogP contribution in [0.5, 0.6) is 23.0 Å². The average Bonchev–Trinajstić information content (AvgIpc) is 3.17. The average molecular weight is 723 g/mol. The third-order valence-electron chi connectivity index (χ3n) is 11.0. The minimum absolute atomic E-state index is 0.795. The number of ether oxygens (including phenoxy) is 4. The Morgan fingerprint density at radius 2 is 0.558 bits per heavy atom. The highest BCUT2D eigenvalue weighted by molar-refractivity contribution is 5.73. The van der Waals surface area contributed by atoms with Crippen molar-refractivity contribution in [1.29, 1.82) is 0 Å². The number of hydrogen-bond donors (Lipinski definition) is 0. The van der Waals surface area contributed by atoms with Gasteiger partial charge in [-0.15, -0.1) is 0 Å². The number of aryl methyl sites for hydroxylation is 2. The molecule has 4 nitrogen and oxygen atoms in total. The van der Waals surface area contributed by atoms with E-state index in [2.05, 4.69) is 38.1 Å². The molecule has 0 fully saturated rings. The van der Waals surface area contributed by atoms with Crippen LogP contribution in [0.25, 0.3) is 11.1 Å². The van der Waals surface area contributed by atoms with Crippen molar-refractivity contribution in [2.24, 2.45) is 0 Å². The molecule has 2 aromatic carbocycles. The van der Waals surface area contributed by atoms with E-state index in [1.54, 1.807) is 28.4 Å². The van der Waals surface area contributed by atoms with Crippen LogP contribution in [0.4, 0.5) is 0 Å². The molecule has 0 saturated heterocycles. The molecule has 52 heavy (non-hydrogen) atoms. The Bertz CT molecular complexity index is 1140. The summed E-state index contributed by atoms with van der Waals surface area (Å²) >= 11 is 0. The van der Waals surface area contributed by atoms with Gasteiger partial charge in [-0.3, -0.25) is 0 Å². The molecule has 0 bridgehead atoms. The zero-order valence-corrected chi connectivity index (χ0v) is 35.2. The molecule has 4 heteroatoms. The Hall–Kier alpha value is -2.36. The molecule has 0 saturated carbocycles. The Balaban J connectivity index is 1.86. The summed E-state index contributed by atoms with van der Waals surface area (Å²) in [4.78, 5) is 0. The summed E-state index contributed by atoms with van der Waals surface area (Å²) < 4.78 is 23.5. The molecular formula is C48H82O4. The summed E-state index contributed by atoms with van der Waals surface area (Å²) in [6.07, 6.45) is 40.3. The lowest BCUT2D eigenvalue weighted by atomic mass is 9.95. The lowest BCUT2D eigenvalue weighted by Crippen LogP contribution is -2.00. The first-order valence-corrected chi connectivity index (χ1v) is 22.1. The Morgan fingerprint density at radius 3 is 0.788 bits per heavy atom. The van der Waals surface area contributed by atoms with E-state index in [0.29, 0.717) is 0 Å². The smallest absolute Gasteiger partial charge is 0.163 e. The predicted octanol–water partition coefficient (Wildman–Crippen LogP) is 15.4. The molecule has 0 heterocycles. The maximum absolute atomic E-state index is 5.90. The predicted molar refractivity (Wildman–Crippen MR) is 226 cm³/mol. The monoisotopic (exact) mass is 723 g/mol. The van der Waals surface area contributed by atoms with Crippen molar-refractivity contribution < 1.29 is 18.9 Å². The summed E-state index contributed by atoms with van der Waals surface area (Å²) in [5, 5.41) is 0. The van der Waals surface area contributed by atoms with Crippen molar-refractivity contribution in [2.75, 3.05) is 28.4 Å². The highest BCUT2D eigenvalue weighted by Gasteiger charge is 2.17. The van der Waals surface area contributed by atoms with Crippen molar-refractivity contribution in [3.05, 3.63) is 35.4 Å². The van der Waals surface area contributed by atoms with Gasteiger partial charge in [-0.2, -0.15) is 0 Å². The number of hydrogen-bond acceptors (Lipinski definition) is 4. The Kier molecular flexibility index (Phi) is 27.3. The van der Waals surface area contributed by atoms with Gasteiger partial charge in [-0.1, -0.05) is 181 Å². The van der Waals surface area contributed by atoms with Crippen LogP contribution >= 0.6 is 0 Å². The summed E-state index contributed by atoms with van der Waals surface area (Å²) in [6.45, 7) is 4.59. The van der Waals surface area contributed by atoms with Gasteiger partial charge < -0.3 is 18.9 Å². The van der Waals surface area contributed by atoms with E-state index in [1.165, 1.54) is 178 Å². The van der Waals surface area contributed by atoms with E-state index in [-0.39, 0.29) is 0 Å². The molecule has 0 aliphatic heterocycles. The van der Waals surface area contributed by atoms with E-state index in [0.717, 1.165) is 59.8 Å². The first kappa shape index (κ1) is 45.8. The van der Waals surface area contributed by atoms with Crippen LogP contribution in [0.15, 0.2) is 24.3 Å². The normalized spacial score (nSPS) is 11.3. The molecule has 0 N–H and O–H groups in total. The minimum atomic E-state index is 0.795. The quantitative estimate of drug-likeness (QED) is 0.0664. The van der Waals surface area contributed by atoms with E-state index in [4.69, 9.17) is 18.9 Å². The first-order valence-electron chi connectivity index (χ1n) is 22.1. The molecule has 0 amide bonds. The molecule has 298 valence electrons. The van der Waals surface area contributed by atoms with Gasteiger partial charge in [-0.25, -0.2) is 0 Å². The van der Waals surface area contributed by atoms with Crippen molar-refractivity contribution in [1.82, 2.24) is 0 Å². The van der Waals surface area contributed by atoms with Gasteiger partial charge in [-0.05, 0) is 72.2 Å². The second-order valence-corrected chi connectivity index (χ2v) is 15.4. The van der Waals surface area contributed by atoms with Gasteiger partial charge >= 0.3 is 0 Å². The fourth-order valence-corrected chi connectivity index (χ4v) is 7.81. The molecule has 0 aliphatic rings. The van der Waals surface area contributed by atoms with Crippen LogP contribution in [-0.4, -0.2) is 28.4 Å². The first-order chi connectivity index (χ1) is 25.6. The molecule has 0 unspecified atom stereocenters. The lowest BCUT2D eigenvalue weighted by Gasteiger charge is -2.18. The second-order valence-electron chi connectivity index (χ2n) is 15.4. The van der Waals surface area contributed by atoms with E-state index in [1.807, 2.05) is 0 Å². The van der Waals surface area contributed by atoms with Crippen LogP contribution in [0.1, 0.15) is 205 Å². The molecule has 0 spiro atoms. The standard InChI is InChI=1S/C48H82O4/c1-7-9-11-13-15-17-19-21-22-24-26-28-30-32-34-36-42-38-44(40-46(50-4)48(42)52-6)43-37-41(47(51-5)45(39-43)49-3)35-33-31-29-27-25-23-20-18-16-14-12-10-8-2/h37-40H,7-36H2,1-6H3. The van der Waals surface area contributed by atoms with Gasteiger partial charge in [0.15, 0.2) is 23.0 Å². The zero-order valence-electron chi connectivity index (χ0n) is 35.2. The highest BCUT2D eigenvalue weighted by Crippen LogP contribution is 2.41. The highest BCUT2D eigenvalue weighted by atomic mass is 16.5. The van der Waals surface area contributed by atoms with Crippen molar-refractivity contribution in [3.63, 3.8) is 0 Å². The van der Waals surface area contributed by atoms with Crippen LogP contribution in [0, 0.1) is 0 Å². The SMILES string of the molecule is CCCCCCCCCCCCCCCCCc1cc(-c2cc(CCCCCCCCCCCCCCC)c(OC)c(OC)c2)cc(OC)c1OC. The van der Waals surface area contributed by atoms with Crippen LogP contribution in [-0.2, 0) is 12.8 Å². The summed E-state index contributed by atoms with van der Waals surface area (Å²) in [5.41, 5.74) is 4.72. The molecule has 0 radical (unpaired) electrons. The van der Waals surface area contributed by atoms with Crippen LogP contribution in [0.2, 0.25) is 0 Å². The Labute approximate surface area is 322 Å². The van der Waals surface area contributed by atoms with E-state index < -0.39 is 0 Å². The fourth-order valence-electron chi connectivity index (χ4n) is 7.81. The molecule has 0 atom stereocenters. The van der Waals surface area contributed by atoms with Crippen molar-refractivity contribution in [3.8, 4) is 34.1 Å². The summed E-state index contributed by atoms with van der Waals surface area (Å²) in [5.74, 6) is 3.32. The number of rotatable bonds is 35. The largest absolute Gasteiger partial charge is 0.493 e. The third kappa shape index (κ3) is 19.1. The third-order valence-corrected chi connectivity index (χ3v) is 11.0. The molecule has 0 aliphatic carbocycles. The van der Waals surface area contributed by atoms with E-state index >= 15 is 0 Å². The van der Waals surface area contributed by atoms with Gasteiger partial charge in [0.25, 0.3) is 0 Å². The molecule has 2 aromatic rings. The molecule has 0 aromatic heterocycles. The summed E-state index contributed by atoms with van der Waals surface area (Å²) in [7, 11) is 7.01. The van der Waals surface area contributed by atoms with Crippen molar-refractivity contribution >= 4 is 0 Å². The number of unbranched alkanes of at least 4 members (excludes halogenated alkanes) is 26. The van der Waals surface area contributed by atoms with Crippen molar-refractivity contribution in [2.45, 2.75) is 206 Å². The lowest BCUT2D eigenvalue weighted by molar-refractivity contribution is 0.350. The van der Waals surface area contributed by atoms with Crippen LogP contribution in [0.3, 0.4) is 0 Å². The number of benzene rings is 2. The maximum Gasteiger partial charge on any atom is 0.163 e. The molecular weight excluding hydrogens is 641 g/mol.